The van der Waals surface area contributed by atoms with Gasteiger partial charge in [-0.3, -0.25) is 9.59 Å². The number of ether oxygens (including phenoxy) is 1. The molecule has 0 bridgehead atoms. The minimum Gasteiger partial charge on any atom is -0.482 e. The molecule has 2 aromatic rings. The molecule has 0 fully saturated rings. The van der Waals surface area contributed by atoms with Gasteiger partial charge in [-0.1, -0.05) is 6.07 Å². The second kappa shape index (κ2) is 4.80. The average molecular weight is 281 g/mol. The number of hydrogen-bond acceptors (Lipinski definition) is 4. The van der Waals surface area contributed by atoms with E-state index >= 15 is 0 Å². The van der Waals surface area contributed by atoms with Gasteiger partial charge in [0, 0.05) is 11.3 Å². The van der Waals surface area contributed by atoms with Gasteiger partial charge in [-0.25, -0.2) is 0 Å². The van der Waals surface area contributed by atoms with E-state index in [1.807, 2.05) is 6.07 Å². The fourth-order valence-corrected chi connectivity index (χ4v) is 2.28. The Labute approximate surface area is 120 Å². The number of fused-ring (bicyclic) bond motifs is 1. The van der Waals surface area contributed by atoms with Gasteiger partial charge in [0.2, 0.25) is 0 Å². The molecule has 21 heavy (non-hydrogen) atoms. The first-order valence-corrected chi connectivity index (χ1v) is 6.29. The fraction of sp³-hybridized carbons (Fsp3) is 0.133. The lowest BCUT2D eigenvalue weighted by Gasteiger charge is -2.18. The van der Waals surface area contributed by atoms with Gasteiger partial charge in [0.15, 0.2) is 6.61 Å². The van der Waals surface area contributed by atoms with Gasteiger partial charge in [0.1, 0.15) is 17.4 Å². The molecule has 0 unspecified atom stereocenters. The number of aryl methyl sites for hydroxylation is 1. The zero-order chi connectivity index (χ0) is 15.0. The Morgan fingerprint density at radius 1 is 1.29 bits per heavy atom. The number of hydrogen-bond donors (Lipinski definition) is 2. The quantitative estimate of drug-likeness (QED) is 0.829. The van der Waals surface area contributed by atoms with Crippen molar-refractivity contribution in [3.63, 3.8) is 0 Å². The number of aromatic amines is 1. The normalized spacial score (nSPS) is 12.9. The van der Waals surface area contributed by atoms with Crippen LogP contribution in [0.25, 0.3) is 11.1 Å². The summed E-state index contributed by atoms with van der Waals surface area (Å²) in [6, 6.07) is 8.81. The minimum absolute atomic E-state index is 0.0140. The van der Waals surface area contributed by atoms with Crippen molar-refractivity contribution < 1.29 is 9.53 Å². The number of anilines is 1. The molecule has 0 radical (unpaired) electrons. The number of nitrogens with one attached hydrogen (secondary N) is 2. The maximum absolute atomic E-state index is 11.8. The van der Waals surface area contributed by atoms with Crippen molar-refractivity contribution in [3.8, 4) is 22.9 Å². The highest BCUT2D eigenvalue weighted by atomic mass is 16.5. The Morgan fingerprint density at radius 3 is 2.86 bits per heavy atom. The van der Waals surface area contributed by atoms with E-state index in [1.165, 1.54) is 0 Å². The molecule has 2 N–H and O–H groups in total. The first-order valence-electron chi connectivity index (χ1n) is 6.29. The predicted octanol–water partition coefficient (Wildman–Crippen LogP) is 1.55. The van der Waals surface area contributed by atoms with Crippen molar-refractivity contribution in [2.24, 2.45) is 0 Å². The molecule has 6 nitrogen and oxygen atoms in total. The highest BCUT2D eigenvalue weighted by Crippen LogP contribution is 2.33. The zero-order valence-corrected chi connectivity index (χ0v) is 11.2. The van der Waals surface area contributed by atoms with Crippen LogP contribution in [0.15, 0.2) is 29.1 Å². The molecular formula is C15H11N3O3. The average Bonchev–Trinajstić information content (AvgIpc) is 2.45. The number of aromatic nitrogens is 1. The van der Waals surface area contributed by atoms with E-state index in [4.69, 9.17) is 10.00 Å². The second-order valence-electron chi connectivity index (χ2n) is 4.73. The van der Waals surface area contributed by atoms with Crippen LogP contribution in [0.5, 0.6) is 5.75 Å². The third-order valence-corrected chi connectivity index (χ3v) is 3.20. The number of nitrogens with zero attached hydrogens (tertiary/aromatic N) is 1. The Balaban J connectivity index is 2.18. The van der Waals surface area contributed by atoms with E-state index in [1.54, 1.807) is 31.2 Å². The third-order valence-electron chi connectivity index (χ3n) is 3.20. The van der Waals surface area contributed by atoms with E-state index in [0.717, 1.165) is 0 Å². The smallest absolute Gasteiger partial charge is 0.266 e. The zero-order valence-electron chi connectivity index (χ0n) is 11.2. The Morgan fingerprint density at radius 2 is 2.10 bits per heavy atom. The van der Waals surface area contributed by atoms with E-state index in [9.17, 15) is 9.59 Å². The van der Waals surface area contributed by atoms with Crippen LogP contribution in [0.3, 0.4) is 0 Å². The van der Waals surface area contributed by atoms with Crippen molar-refractivity contribution in [1.29, 1.82) is 5.26 Å². The van der Waals surface area contributed by atoms with Crippen molar-refractivity contribution in [2.75, 3.05) is 11.9 Å². The molecule has 0 saturated carbocycles. The predicted molar refractivity (Wildman–Crippen MR) is 76.1 cm³/mol. The van der Waals surface area contributed by atoms with Crippen LogP contribution in [0.4, 0.5) is 5.69 Å². The van der Waals surface area contributed by atoms with Crippen LogP contribution in [-0.4, -0.2) is 17.5 Å². The van der Waals surface area contributed by atoms with E-state index in [-0.39, 0.29) is 18.1 Å². The van der Waals surface area contributed by atoms with Crippen LogP contribution in [0.2, 0.25) is 0 Å². The lowest BCUT2D eigenvalue weighted by atomic mass is 10.00. The minimum atomic E-state index is -0.425. The largest absolute Gasteiger partial charge is 0.482 e. The summed E-state index contributed by atoms with van der Waals surface area (Å²) in [5, 5.41) is 11.9. The fourth-order valence-electron chi connectivity index (χ4n) is 2.28. The molecule has 1 amide bonds. The van der Waals surface area contributed by atoms with Gasteiger partial charge in [-0.2, -0.15) is 5.26 Å². The first kappa shape index (κ1) is 12.9. The molecule has 0 spiro atoms. The number of carbonyl (C=O) groups is 1. The van der Waals surface area contributed by atoms with E-state index in [0.29, 0.717) is 28.3 Å². The lowest BCUT2D eigenvalue weighted by molar-refractivity contribution is -0.118. The standard InChI is InChI=1S/C15H11N3O3/c1-8-4-10(11(6-16)15(20)17-8)9-2-3-13-12(5-9)18-14(19)7-21-13/h2-5H,7H2,1H3,(H,17,20)(H,18,19). The van der Waals surface area contributed by atoms with Crippen LogP contribution in [0.1, 0.15) is 11.3 Å². The number of carbonyl (C=O) groups excluding carboxylic acids is 1. The molecule has 2 heterocycles. The van der Waals surface area contributed by atoms with Crippen LogP contribution < -0.4 is 15.6 Å². The molecule has 1 aliphatic rings. The third kappa shape index (κ3) is 2.25. The van der Waals surface area contributed by atoms with E-state index < -0.39 is 5.56 Å². The molecule has 0 saturated heterocycles. The number of pyridine rings is 1. The molecule has 1 aromatic heterocycles. The SMILES string of the molecule is Cc1cc(-c2ccc3c(c2)NC(=O)CO3)c(C#N)c(=O)[nH]1. The summed E-state index contributed by atoms with van der Waals surface area (Å²) >= 11 is 0. The van der Waals surface area contributed by atoms with Gasteiger partial charge < -0.3 is 15.0 Å². The van der Waals surface area contributed by atoms with Gasteiger partial charge in [-0.15, -0.1) is 0 Å². The monoisotopic (exact) mass is 281 g/mol. The number of nitriles is 1. The van der Waals surface area contributed by atoms with Crippen molar-refractivity contribution in [1.82, 2.24) is 4.98 Å². The maximum Gasteiger partial charge on any atom is 0.266 e. The molecule has 0 atom stereocenters. The Kier molecular flexibility index (Phi) is 2.95. The Hall–Kier alpha value is -3.07. The van der Waals surface area contributed by atoms with Gasteiger partial charge >= 0.3 is 0 Å². The molecular weight excluding hydrogens is 270 g/mol. The van der Waals surface area contributed by atoms with Crippen LogP contribution in [-0.2, 0) is 4.79 Å². The van der Waals surface area contributed by atoms with Gasteiger partial charge in [0.05, 0.1) is 5.69 Å². The molecule has 1 aromatic carbocycles. The number of rotatable bonds is 1. The van der Waals surface area contributed by atoms with Crippen LogP contribution >= 0.6 is 0 Å². The summed E-state index contributed by atoms with van der Waals surface area (Å²) in [6.45, 7) is 1.73. The highest BCUT2D eigenvalue weighted by molar-refractivity contribution is 5.96. The Bertz CT molecular complexity index is 846. The van der Waals surface area contributed by atoms with Crippen LogP contribution in [0, 0.1) is 18.3 Å². The number of benzene rings is 1. The second-order valence-corrected chi connectivity index (χ2v) is 4.73. The molecule has 6 heteroatoms. The number of amides is 1. The number of H-pyrrole nitrogens is 1. The van der Waals surface area contributed by atoms with E-state index in [2.05, 4.69) is 10.3 Å². The summed E-state index contributed by atoms with van der Waals surface area (Å²) in [7, 11) is 0. The molecule has 3 rings (SSSR count). The lowest BCUT2D eigenvalue weighted by Crippen LogP contribution is -2.25. The summed E-state index contributed by atoms with van der Waals surface area (Å²) in [4.78, 5) is 25.8. The van der Waals surface area contributed by atoms with Crippen molar-refractivity contribution in [2.45, 2.75) is 6.92 Å². The summed E-state index contributed by atoms with van der Waals surface area (Å²) in [5.41, 5.74) is 2.01. The summed E-state index contributed by atoms with van der Waals surface area (Å²) < 4.78 is 5.29. The first-order chi connectivity index (χ1) is 10.1. The molecule has 1 aliphatic heterocycles. The molecule has 0 aliphatic carbocycles. The van der Waals surface area contributed by atoms with Crippen molar-refractivity contribution >= 4 is 11.6 Å². The molecule has 104 valence electrons. The highest BCUT2D eigenvalue weighted by Gasteiger charge is 2.18. The van der Waals surface area contributed by atoms with Crippen molar-refractivity contribution in [3.05, 3.63) is 45.9 Å². The van der Waals surface area contributed by atoms with Gasteiger partial charge in [0.25, 0.3) is 11.5 Å². The maximum atomic E-state index is 11.8. The topological polar surface area (TPSA) is 95.0 Å². The summed E-state index contributed by atoms with van der Waals surface area (Å²) in [6.07, 6.45) is 0. The summed E-state index contributed by atoms with van der Waals surface area (Å²) in [5.74, 6) is 0.334. The van der Waals surface area contributed by atoms with Gasteiger partial charge in [-0.05, 0) is 30.7 Å².